The highest BCUT2D eigenvalue weighted by Crippen LogP contribution is 2.23. The number of hydrogen-bond donors (Lipinski definition) is 3. The molecule has 0 radical (unpaired) electrons. The Kier molecular flexibility index (Phi) is 4.36. The van der Waals surface area contributed by atoms with Crippen molar-refractivity contribution in [3.8, 4) is 0 Å². The molecule has 0 saturated carbocycles. The molecule has 7 nitrogen and oxygen atoms in total. The van der Waals surface area contributed by atoms with E-state index in [-0.39, 0.29) is 6.42 Å². The smallest absolute Gasteiger partial charge is 0.326 e. The van der Waals surface area contributed by atoms with E-state index in [4.69, 9.17) is 0 Å². The summed E-state index contributed by atoms with van der Waals surface area (Å²) < 4.78 is 0.732. The molecule has 1 aliphatic rings. The van der Waals surface area contributed by atoms with Crippen molar-refractivity contribution in [2.24, 2.45) is 4.99 Å². The Morgan fingerprint density at radius 3 is 2.86 bits per heavy atom. The third kappa shape index (κ3) is 3.44. The number of amides is 1. The molecule has 0 bridgehead atoms. The first-order valence-electron chi connectivity index (χ1n) is 6.42. The Hall–Kier alpha value is -1.83. The summed E-state index contributed by atoms with van der Waals surface area (Å²) in [6.45, 7) is 2.44. The maximum atomic E-state index is 12.1. The number of aliphatic carboxylic acids is 1. The number of aromatic nitrogens is 1. The Balaban J connectivity index is 2.06. The van der Waals surface area contributed by atoms with Crippen molar-refractivity contribution in [1.82, 2.24) is 15.2 Å². The predicted molar refractivity (Wildman–Crippen MR) is 81.5 cm³/mol. The van der Waals surface area contributed by atoms with Gasteiger partial charge in [0, 0.05) is 24.1 Å². The lowest BCUT2D eigenvalue weighted by molar-refractivity contribution is -0.140. The van der Waals surface area contributed by atoms with Crippen molar-refractivity contribution in [2.75, 3.05) is 13.6 Å². The van der Waals surface area contributed by atoms with E-state index >= 15 is 0 Å². The summed E-state index contributed by atoms with van der Waals surface area (Å²) in [5.41, 5.74) is -0.0959. The number of nitrogens with one attached hydrogen (secondary N) is 2. The Morgan fingerprint density at radius 2 is 2.38 bits per heavy atom. The maximum absolute atomic E-state index is 12.1. The van der Waals surface area contributed by atoms with Crippen LogP contribution in [0.2, 0.25) is 0 Å². The third-order valence-corrected chi connectivity index (χ3v) is 4.14. The van der Waals surface area contributed by atoms with Crippen LogP contribution in [-0.4, -0.2) is 58.4 Å². The molecule has 1 aromatic rings. The fraction of sp³-hybridized carbons (Fsp3) is 0.462. The second-order valence-corrected chi connectivity index (χ2v) is 6.28. The second-order valence-electron chi connectivity index (χ2n) is 5.36. The van der Waals surface area contributed by atoms with Gasteiger partial charge in [0.2, 0.25) is 0 Å². The van der Waals surface area contributed by atoms with Crippen LogP contribution < -0.4 is 5.32 Å². The minimum Gasteiger partial charge on any atom is -0.480 e. The van der Waals surface area contributed by atoms with Crippen molar-refractivity contribution >= 4 is 34.1 Å². The van der Waals surface area contributed by atoms with E-state index in [0.717, 1.165) is 4.47 Å². The molecule has 1 aromatic heterocycles. The summed E-state index contributed by atoms with van der Waals surface area (Å²) >= 11 is 3.23. The van der Waals surface area contributed by atoms with Crippen LogP contribution in [-0.2, 0) is 4.79 Å². The van der Waals surface area contributed by atoms with Crippen LogP contribution in [0.15, 0.2) is 21.7 Å². The summed E-state index contributed by atoms with van der Waals surface area (Å²) in [7, 11) is 1.85. The van der Waals surface area contributed by atoms with Gasteiger partial charge in [-0.25, -0.2) is 4.79 Å². The average Bonchev–Trinajstić information content (AvgIpc) is 2.96. The van der Waals surface area contributed by atoms with Crippen LogP contribution in [0.5, 0.6) is 0 Å². The lowest BCUT2D eigenvalue weighted by Gasteiger charge is -2.34. The number of carbonyl (C=O) groups excluding carboxylic acids is 1. The highest BCUT2D eigenvalue weighted by molar-refractivity contribution is 9.10. The van der Waals surface area contributed by atoms with Crippen LogP contribution in [0.3, 0.4) is 0 Å². The standard InChI is InChI=1S/C13H17BrN4O3/c1-13(6-15-7-18(13)2)4-10(12(20)21)17-11(19)9-3-8(14)5-16-9/h3,5,7,10,16H,4,6H2,1-2H3,(H,17,19)(H,20,21)/t10-,13+/m1/s1. The topological polar surface area (TPSA) is 97.8 Å². The molecule has 0 fully saturated rings. The lowest BCUT2D eigenvalue weighted by Crippen LogP contribution is -2.51. The average molecular weight is 357 g/mol. The zero-order valence-electron chi connectivity index (χ0n) is 11.8. The molecule has 0 aromatic carbocycles. The molecule has 3 N–H and O–H groups in total. The van der Waals surface area contributed by atoms with Crippen molar-refractivity contribution in [3.05, 3.63) is 22.4 Å². The van der Waals surface area contributed by atoms with E-state index in [1.807, 2.05) is 18.9 Å². The van der Waals surface area contributed by atoms with E-state index in [1.165, 1.54) is 0 Å². The van der Waals surface area contributed by atoms with Crippen molar-refractivity contribution in [1.29, 1.82) is 0 Å². The molecule has 2 heterocycles. The molecule has 1 aliphatic heterocycles. The van der Waals surface area contributed by atoms with Crippen molar-refractivity contribution in [3.63, 3.8) is 0 Å². The van der Waals surface area contributed by atoms with Crippen LogP contribution in [0.25, 0.3) is 0 Å². The molecule has 21 heavy (non-hydrogen) atoms. The molecule has 0 saturated heterocycles. The molecule has 0 spiro atoms. The fourth-order valence-corrected chi connectivity index (χ4v) is 2.54. The number of carboxylic acid groups (broad SMARTS) is 1. The number of halogens is 1. The Morgan fingerprint density at radius 1 is 1.67 bits per heavy atom. The van der Waals surface area contributed by atoms with Crippen molar-refractivity contribution in [2.45, 2.75) is 24.9 Å². The Labute approximate surface area is 130 Å². The van der Waals surface area contributed by atoms with E-state index in [1.54, 1.807) is 18.6 Å². The van der Waals surface area contributed by atoms with Crippen LogP contribution >= 0.6 is 15.9 Å². The summed E-state index contributed by atoms with van der Waals surface area (Å²) in [6.07, 6.45) is 3.57. The molecule has 0 unspecified atom stereocenters. The molecule has 114 valence electrons. The summed E-state index contributed by atoms with van der Waals surface area (Å²) in [6, 6.07) is 0.620. The van der Waals surface area contributed by atoms with Gasteiger partial charge in [0.05, 0.1) is 18.4 Å². The summed E-state index contributed by atoms with van der Waals surface area (Å²) in [4.78, 5) is 32.3. The number of likely N-dealkylation sites (N-methyl/N-ethyl adjacent to an activating group) is 1. The van der Waals surface area contributed by atoms with Gasteiger partial charge in [-0.1, -0.05) is 0 Å². The SMILES string of the molecule is CN1C=NC[C@]1(C)C[C@@H](NC(=O)c1cc(Br)c[nH]1)C(=O)O. The molecule has 2 rings (SSSR count). The van der Waals surface area contributed by atoms with Gasteiger partial charge < -0.3 is 20.3 Å². The van der Waals surface area contributed by atoms with Gasteiger partial charge in [-0.3, -0.25) is 9.79 Å². The van der Waals surface area contributed by atoms with Gasteiger partial charge >= 0.3 is 5.97 Å². The zero-order valence-corrected chi connectivity index (χ0v) is 13.3. The second kappa shape index (κ2) is 5.88. The normalized spacial score (nSPS) is 22.3. The highest BCUT2D eigenvalue weighted by Gasteiger charge is 2.37. The fourth-order valence-electron chi connectivity index (χ4n) is 2.19. The number of rotatable bonds is 5. The molecule has 0 aliphatic carbocycles. The van der Waals surface area contributed by atoms with Crippen molar-refractivity contribution < 1.29 is 14.7 Å². The summed E-state index contributed by atoms with van der Waals surface area (Å²) in [5.74, 6) is -1.51. The molecular formula is C13H17BrN4O3. The van der Waals surface area contributed by atoms with Gasteiger partial charge in [-0.2, -0.15) is 0 Å². The maximum Gasteiger partial charge on any atom is 0.326 e. The minimum absolute atomic E-state index is 0.270. The predicted octanol–water partition coefficient (Wildman–Crippen LogP) is 1.08. The minimum atomic E-state index is -1.06. The van der Waals surface area contributed by atoms with Crippen LogP contribution in [0.1, 0.15) is 23.8 Å². The first-order valence-corrected chi connectivity index (χ1v) is 7.21. The molecule has 8 heteroatoms. The lowest BCUT2D eigenvalue weighted by atomic mass is 9.92. The number of carboxylic acids is 1. The number of carbonyl (C=O) groups is 2. The number of H-pyrrole nitrogens is 1. The van der Waals surface area contributed by atoms with E-state index in [2.05, 4.69) is 31.2 Å². The van der Waals surface area contributed by atoms with Gasteiger partial charge in [0.1, 0.15) is 11.7 Å². The van der Waals surface area contributed by atoms with E-state index in [9.17, 15) is 14.7 Å². The van der Waals surface area contributed by atoms with Gasteiger partial charge in [0.25, 0.3) is 5.91 Å². The van der Waals surface area contributed by atoms with Gasteiger partial charge in [-0.15, -0.1) is 0 Å². The Bertz CT molecular complexity index is 586. The highest BCUT2D eigenvalue weighted by atomic mass is 79.9. The number of hydrogen-bond acceptors (Lipinski definition) is 4. The number of nitrogens with zero attached hydrogens (tertiary/aromatic N) is 2. The summed E-state index contributed by atoms with van der Waals surface area (Å²) in [5, 5.41) is 11.9. The molecular weight excluding hydrogens is 340 g/mol. The number of aliphatic imine (C=N–C) groups is 1. The first kappa shape index (κ1) is 15.6. The molecule has 2 atom stereocenters. The number of aromatic amines is 1. The van der Waals surface area contributed by atoms with Gasteiger partial charge in [-0.05, 0) is 28.9 Å². The third-order valence-electron chi connectivity index (χ3n) is 3.68. The van der Waals surface area contributed by atoms with Crippen LogP contribution in [0.4, 0.5) is 0 Å². The quantitative estimate of drug-likeness (QED) is 0.735. The van der Waals surface area contributed by atoms with E-state index in [0.29, 0.717) is 12.2 Å². The van der Waals surface area contributed by atoms with E-state index < -0.39 is 23.5 Å². The monoisotopic (exact) mass is 356 g/mol. The first-order chi connectivity index (χ1) is 9.82. The largest absolute Gasteiger partial charge is 0.480 e. The zero-order chi connectivity index (χ0) is 15.6. The van der Waals surface area contributed by atoms with Gasteiger partial charge in [0.15, 0.2) is 0 Å². The van der Waals surface area contributed by atoms with Crippen LogP contribution in [0, 0.1) is 0 Å². The molecule has 1 amide bonds.